The lowest BCUT2D eigenvalue weighted by Crippen LogP contribution is -2.38. The van der Waals surface area contributed by atoms with Gasteiger partial charge < -0.3 is 15.6 Å². The normalized spacial score (nSPS) is 24.4. The Kier molecular flexibility index (Phi) is 11.4. The van der Waals surface area contributed by atoms with Crippen LogP contribution < -0.4 is 11.1 Å². The fourth-order valence-electron chi connectivity index (χ4n) is 7.24. The second kappa shape index (κ2) is 14.1. The highest BCUT2D eigenvalue weighted by Gasteiger charge is 2.29. The quantitative estimate of drug-likeness (QED) is 0.351. The summed E-state index contributed by atoms with van der Waals surface area (Å²) in [5.74, 6) is 1.37. The van der Waals surface area contributed by atoms with Gasteiger partial charge in [0.1, 0.15) is 0 Å². The van der Waals surface area contributed by atoms with Crippen molar-refractivity contribution in [3.63, 3.8) is 0 Å². The number of nitrogens with two attached hydrogens (primary N) is 1. The van der Waals surface area contributed by atoms with E-state index in [2.05, 4.69) is 33.1 Å². The van der Waals surface area contributed by atoms with E-state index in [1.807, 2.05) is 6.07 Å². The zero-order chi connectivity index (χ0) is 23.3. The van der Waals surface area contributed by atoms with Crippen molar-refractivity contribution in [3.8, 4) is 0 Å². The maximum absolute atomic E-state index is 7.63. The van der Waals surface area contributed by atoms with Gasteiger partial charge in [0.2, 0.25) is 0 Å². The van der Waals surface area contributed by atoms with Gasteiger partial charge in [-0.3, -0.25) is 0 Å². The Morgan fingerprint density at radius 1 is 0.917 bits per heavy atom. The molecular weight excluding hydrogens is 487 g/mol. The monoisotopic (exact) mass is 532 g/mol. The SMILES string of the molecule is Cl.Cl.[C-]#[N+]c1ccc2c(c1)c(C(CCNC1CCC(N)CC1)C1CCCCC1)cn2C1CCCCC1. The first-order valence-corrected chi connectivity index (χ1v) is 14.2. The predicted octanol–water partition coefficient (Wildman–Crippen LogP) is 8.45. The van der Waals surface area contributed by atoms with Crippen LogP contribution in [0.25, 0.3) is 15.7 Å². The first kappa shape index (κ1) is 29.3. The molecule has 6 heteroatoms. The summed E-state index contributed by atoms with van der Waals surface area (Å²) in [4.78, 5) is 3.80. The largest absolute Gasteiger partial charge is 0.344 e. The molecule has 0 aliphatic heterocycles. The number of fused-ring (bicyclic) bond motifs is 1. The van der Waals surface area contributed by atoms with Gasteiger partial charge in [-0.1, -0.05) is 44.6 Å². The molecule has 0 bridgehead atoms. The molecule has 3 N–H and O–H groups in total. The summed E-state index contributed by atoms with van der Waals surface area (Å²) >= 11 is 0. The molecule has 2 aromatic rings. The highest BCUT2D eigenvalue weighted by molar-refractivity contribution is 5.88. The second-order valence-corrected chi connectivity index (χ2v) is 11.5. The molecule has 5 rings (SSSR count). The number of benzene rings is 1. The summed E-state index contributed by atoms with van der Waals surface area (Å²) < 4.78 is 2.61. The minimum absolute atomic E-state index is 0. The van der Waals surface area contributed by atoms with Crippen molar-refractivity contribution in [2.75, 3.05) is 6.54 Å². The molecule has 1 heterocycles. The van der Waals surface area contributed by atoms with Crippen LogP contribution in [0, 0.1) is 12.5 Å². The topological polar surface area (TPSA) is 47.3 Å². The van der Waals surface area contributed by atoms with Crippen molar-refractivity contribution < 1.29 is 0 Å². The third-order valence-electron chi connectivity index (χ3n) is 9.22. The minimum atomic E-state index is 0. The van der Waals surface area contributed by atoms with Gasteiger partial charge in [-0.15, -0.1) is 24.8 Å². The van der Waals surface area contributed by atoms with Gasteiger partial charge in [0.05, 0.1) is 6.57 Å². The maximum atomic E-state index is 7.63. The summed E-state index contributed by atoms with van der Waals surface area (Å²) in [5, 5.41) is 5.27. The Bertz CT molecular complexity index is 977. The molecule has 200 valence electrons. The fourth-order valence-corrected chi connectivity index (χ4v) is 7.24. The Hall–Kier alpha value is -1.25. The maximum Gasteiger partial charge on any atom is 0.187 e. The highest BCUT2D eigenvalue weighted by Crippen LogP contribution is 2.44. The molecule has 3 aliphatic carbocycles. The molecule has 1 atom stereocenters. The van der Waals surface area contributed by atoms with Crippen molar-refractivity contribution in [3.05, 3.63) is 41.4 Å². The van der Waals surface area contributed by atoms with Crippen LogP contribution in [0.1, 0.15) is 114 Å². The lowest BCUT2D eigenvalue weighted by molar-refractivity contribution is 0.282. The molecule has 3 fully saturated rings. The van der Waals surface area contributed by atoms with Crippen LogP contribution in [-0.2, 0) is 0 Å². The second-order valence-electron chi connectivity index (χ2n) is 11.5. The summed E-state index contributed by atoms with van der Waals surface area (Å²) in [6.45, 7) is 8.73. The van der Waals surface area contributed by atoms with Gasteiger partial charge in [-0.05, 0) is 99.3 Å². The van der Waals surface area contributed by atoms with Crippen LogP contribution in [0.2, 0.25) is 0 Å². The number of aromatic nitrogens is 1. The molecule has 0 radical (unpaired) electrons. The first-order chi connectivity index (χ1) is 16.7. The summed E-state index contributed by atoms with van der Waals surface area (Å²) in [5.41, 5.74) is 9.82. The van der Waals surface area contributed by atoms with Gasteiger partial charge in [0, 0.05) is 29.8 Å². The molecule has 3 aliphatic rings. The lowest BCUT2D eigenvalue weighted by atomic mass is 9.75. The Balaban J connectivity index is 0.00000180. The van der Waals surface area contributed by atoms with Gasteiger partial charge in [0.25, 0.3) is 0 Å². The lowest BCUT2D eigenvalue weighted by Gasteiger charge is -2.32. The zero-order valence-electron chi connectivity index (χ0n) is 21.8. The van der Waals surface area contributed by atoms with Gasteiger partial charge in [0.15, 0.2) is 5.69 Å². The van der Waals surface area contributed by atoms with E-state index >= 15 is 0 Å². The van der Waals surface area contributed by atoms with E-state index in [0.29, 0.717) is 24.0 Å². The van der Waals surface area contributed by atoms with Crippen LogP contribution in [-0.4, -0.2) is 23.2 Å². The third kappa shape index (κ3) is 6.79. The first-order valence-electron chi connectivity index (χ1n) is 14.2. The molecule has 1 aromatic heterocycles. The van der Waals surface area contributed by atoms with Crippen molar-refractivity contribution >= 4 is 41.4 Å². The van der Waals surface area contributed by atoms with Crippen LogP contribution in [0.4, 0.5) is 5.69 Å². The molecule has 0 spiro atoms. The average Bonchev–Trinajstić information content (AvgIpc) is 3.27. The molecule has 36 heavy (non-hydrogen) atoms. The highest BCUT2D eigenvalue weighted by atomic mass is 35.5. The Labute approximate surface area is 230 Å². The average molecular weight is 534 g/mol. The number of rotatable bonds is 7. The van der Waals surface area contributed by atoms with Gasteiger partial charge in [-0.25, -0.2) is 4.85 Å². The van der Waals surface area contributed by atoms with Crippen LogP contribution in [0.15, 0.2) is 24.4 Å². The number of nitrogens with one attached hydrogen (secondary N) is 1. The van der Waals surface area contributed by atoms with Gasteiger partial charge in [-0.2, -0.15) is 0 Å². The summed E-state index contributed by atoms with van der Waals surface area (Å²) in [6.07, 6.45) is 22.1. The van der Waals surface area contributed by atoms with E-state index in [4.69, 9.17) is 12.3 Å². The van der Waals surface area contributed by atoms with E-state index in [-0.39, 0.29) is 24.8 Å². The molecule has 4 nitrogen and oxygen atoms in total. The molecule has 3 saturated carbocycles. The number of halogens is 2. The van der Waals surface area contributed by atoms with Crippen molar-refractivity contribution in [1.82, 2.24) is 9.88 Å². The fraction of sp³-hybridized carbons (Fsp3) is 0.700. The molecule has 1 aromatic carbocycles. The summed E-state index contributed by atoms with van der Waals surface area (Å²) in [7, 11) is 0. The van der Waals surface area contributed by atoms with E-state index in [0.717, 1.165) is 31.0 Å². The number of nitrogens with zero attached hydrogens (tertiary/aromatic N) is 2. The van der Waals surface area contributed by atoms with Crippen molar-refractivity contribution in [1.29, 1.82) is 0 Å². The van der Waals surface area contributed by atoms with Crippen LogP contribution in [0.3, 0.4) is 0 Å². The van der Waals surface area contributed by atoms with Crippen LogP contribution in [0.5, 0.6) is 0 Å². The third-order valence-corrected chi connectivity index (χ3v) is 9.22. The minimum Gasteiger partial charge on any atom is -0.344 e. The predicted molar refractivity (Wildman–Crippen MR) is 157 cm³/mol. The standard InChI is InChI=1S/C30H44N4.2ClH/c1-32-25-16-17-30-28(20-25)29(21-34(30)26-10-6-3-7-11-26)27(22-8-4-2-5-9-22)18-19-33-24-14-12-23(31)13-15-24;;/h16-17,20-24,26-27,33H,2-15,18-19,31H2;2*1H. The molecule has 0 saturated heterocycles. The zero-order valence-corrected chi connectivity index (χ0v) is 23.4. The van der Waals surface area contributed by atoms with Crippen LogP contribution >= 0.6 is 24.8 Å². The number of hydrogen-bond donors (Lipinski definition) is 2. The van der Waals surface area contributed by atoms with Gasteiger partial charge >= 0.3 is 0 Å². The van der Waals surface area contributed by atoms with Crippen molar-refractivity contribution in [2.24, 2.45) is 11.7 Å². The van der Waals surface area contributed by atoms with E-state index in [9.17, 15) is 0 Å². The van der Waals surface area contributed by atoms with Crippen molar-refractivity contribution in [2.45, 2.75) is 120 Å². The molecular formula is C30H46Cl2N4. The number of hydrogen-bond acceptors (Lipinski definition) is 2. The Morgan fingerprint density at radius 2 is 1.58 bits per heavy atom. The van der Waals surface area contributed by atoms with E-state index in [1.165, 1.54) is 99.9 Å². The molecule has 0 amide bonds. The Morgan fingerprint density at radius 3 is 2.25 bits per heavy atom. The smallest absolute Gasteiger partial charge is 0.187 e. The van der Waals surface area contributed by atoms with E-state index in [1.54, 1.807) is 0 Å². The summed E-state index contributed by atoms with van der Waals surface area (Å²) in [6, 6.07) is 8.15. The molecule has 1 unspecified atom stereocenters. The van der Waals surface area contributed by atoms with E-state index < -0.39 is 0 Å².